The second-order valence-electron chi connectivity index (χ2n) is 6.21. The highest BCUT2D eigenvalue weighted by molar-refractivity contribution is 7.13. The molecule has 0 saturated heterocycles. The quantitative estimate of drug-likeness (QED) is 0.492. The zero-order chi connectivity index (χ0) is 18.6. The van der Waals surface area contributed by atoms with E-state index in [-0.39, 0.29) is 24.3 Å². The van der Waals surface area contributed by atoms with Gasteiger partial charge in [-0.1, -0.05) is 54.0 Å². The summed E-state index contributed by atoms with van der Waals surface area (Å²) in [6.07, 6.45) is 0.257. The molecule has 0 amide bonds. The molecular weight excluding hydrogens is 358 g/mol. The predicted octanol–water partition coefficient (Wildman–Crippen LogP) is 4.67. The van der Waals surface area contributed by atoms with E-state index < -0.39 is 0 Å². The molecule has 134 valence electrons. The number of benzene rings is 3. The van der Waals surface area contributed by atoms with Gasteiger partial charge in [0.05, 0.1) is 16.6 Å². The van der Waals surface area contributed by atoms with Gasteiger partial charge < -0.3 is 4.74 Å². The third-order valence-electron chi connectivity index (χ3n) is 4.15. The zero-order valence-electron chi connectivity index (χ0n) is 14.5. The Balaban J connectivity index is 1.47. The average molecular weight is 375 g/mol. The average Bonchev–Trinajstić information content (AvgIpc) is 2.99. The maximum atomic E-state index is 12.5. The molecule has 0 spiro atoms. The smallest absolute Gasteiger partial charge is 0.268 e. The number of carbonyl (C=O) groups excluding carboxylic acids is 1. The summed E-state index contributed by atoms with van der Waals surface area (Å²) in [5, 5.41) is 0.661. The van der Waals surface area contributed by atoms with Crippen molar-refractivity contribution in [1.29, 1.82) is 0 Å². The highest BCUT2D eigenvalue weighted by atomic mass is 32.1. The third kappa shape index (κ3) is 3.99. The minimum atomic E-state index is -0.106. The van der Waals surface area contributed by atoms with Crippen molar-refractivity contribution >= 4 is 27.4 Å². The fraction of sp³-hybridized carbons (Fsp3) is 0.0909. The maximum Gasteiger partial charge on any atom is 0.268 e. The number of para-hydroxylation sites is 1. The molecule has 3 aromatic carbocycles. The molecule has 0 fully saturated rings. The van der Waals surface area contributed by atoms with Crippen molar-refractivity contribution in [2.45, 2.75) is 13.0 Å². The van der Waals surface area contributed by atoms with Crippen LogP contribution >= 0.6 is 11.5 Å². The van der Waals surface area contributed by atoms with Crippen molar-refractivity contribution in [3.63, 3.8) is 0 Å². The van der Waals surface area contributed by atoms with E-state index in [1.165, 1.54) is 15.5 Å². The molecule has 0 aliphatic rings. The molecule has 0 radical (unpaired) electrons. The lowest BCUT2D eigenvalue weighted by Gasteiger charge is -2.07. The minimum Gasteiger partial charge on any atom is -0.457 e. The van der Waals surface area contributed by atoms with Gasteiger partial charge in [0, 0.05) is 6.42 Å². The Morgan fingerprint density at radius 1 is 0.889 bits per heavy atom. The molecule has 0 unspecified atom stereocenters. The van der Waals surface area contributed by atoms with Gasteiger partial charge in [0.2, 0.25) is 0 Å². The Kier molecular flexibility index (Phi) is 4.85. The number of fused-ring (bicyclic) bond motifs is 1. The molecule has 4 rings (SSSR count). The van der Waals surface area contributed by atoms with Gasteiger partial charge in [-0.3, -0.25) is 13.5 Å². The maximum absolute atomic E-state index is 12.5. The van der Waals surface area contributed by atoms with Crippen LogP contribution in [0.15, 0.2) is 83.7 Å². The van der Waals surface area contributed by atoms with E-state index in [1.54, 1.807) is 6.07 Å². The Hall–Kier alpha value is -3.18. The van der Waals surface area contributed by atoms with Gasteiger partial charge in [0.25, 0.3) is 5.56 Å². The van der Waals surface area contributed by atoms with E-state index in [0.29, 0.717) is 11.1 Å². The lowest BCUT2D eigenvalue weighted by atomic mass is 10.1. The molecule has 0 aliphatic heterocycles. The van der Waals surface area contributed by atoms with Crippen LogP contribution in [0.3, 0.4) is 0 Å². The summed E-state index contributed by atoms with van der Waals surface area (Å²) in [6, 6.07) is 24.4. The molecule has 4 aromatic rings. The first kappa shape index (κ1) is 17.2. The van der Waals surface area contributed by atoms with Crippen LogP contribution in [-0.2, 0) is 17.8 Å². The number of ether oxygens (including phenoxy) is 1. The van der Waals surface area contributed by atoms with E-state index in [1.807, 2.05) is 72.8 Å². The van der Waals surface area contributed by atoms with Crippen molar-refractivity contribution in [1.82, 2.24) is 3.96 Å². The van der Waals surface area contributed by atoms with Crippen LogP contribution in [0, 0.1) is 0 Å². The second kappa shape index (κ2) is 7.60. The first-order valence-electron chi connectivity index (χ1n) is 8.61. The third-order valence-corrected chi connectivity index (χ3v) is 5.22. The van der Waals surface area contributed by atoms with Crippen LogP contribution in [0.25, 0.3) is 10.1 Å². The van der Waals surface area contributed by atoms with Gasteiger partial charge in [0.1, 0.15) is 11.5 Å². The van der Waals surface area contributed by atoms with E-state index in [4.69, 9.17) is 4.74 Å². The summed E-state index contributed by atoms with van der Waals surface area (Å²) in [7, 11) is 0. The Morgan fingerprint density at radius 3 is 2.44 bits per heavy atom. The van der Waals surface area contributed by atoms with Crippen molar-refractivity contribution in [3.05, 3.63) is 94.8 Å². The fourth-order valence-electron chi connectivity index (χ4n) is 2.91. The predicted molar refractivity (Wildman–Crippen MR) is 108 cm³/mol. The lowest BCUT2D eigenvalue weighted by molar-refractivity contribution is -0.118. The van der Waals surface area contributed by atoms with Gasteiger partial charge in [-0.25, -0.2) is 0 Å². The van der Waals surface area contributed by atoms with Crippen LogP contribution in [0.2, 0.25) is 0 Å². The first-order chi connectivity index (χ1) is 13.2. The zero-order valence-corrected chi connectivity index (χ0v) is 15.3. The minimum absolute atomic E-state index is 0.0134. The molecule has 0 N–H and O–H groups in total. The number of rotatable bonds is 6. The fourth-order valence-corrected chi connectivity index (χ4v) is 3.93. The van der Waals surface area contributed by atoms with E-state index in [2.05, 4.69) is 0 Å². The Morgan fingerprint density at radius 2 is 1.63 bits per heavy atom. The molecule has 5 heteroatoms. The molecule has 1 heterocycles. The Labute approximate surface area is 160 Å². The van der Waals surface area contributed by atoms with Crippen molar-refractivity contribution in [2.75, 3.05) is 0 Å². The number of carbonyl (C=O) groups is 1. The van der Waals surface area contributed by atoms with Gasteiger partial charge in [-0.05, 0) is 42.0 Å². The van der Waals surface area contributed by atoms with E-state index in [9.17, 15) is 9.59 Å². The number of ketones is 1. The summed E-state index contributed by atoms with van der Waals surface area (Å²) >= 11 is 1.33. The molecular formula is C22H17NO3S. The van der Waals surface area contributed by atoms with Crippen LogP contribution in [0.4, 0.5) is 0 Å². The standard InChI is InChI=1S/C22H17NO3S/c24-17(15-23-22(25)20-11-4-5-12-21(20)27-23)13-16-7-6-10-19(14-16)26-18-8-2-1-3-9-18/h1-12,14H,13,15H2. The van der Waals surface area contributed by atoms with Crippen LogP contribution < -0.4 is 10.3 Å². The van der Waals surface area contributed by atoms with Crippen LogP contribution in [0.1, 0.15) is 5.56 Å². The van der Waals surface area contributed by atoms with Gasteiger partial charge >= 0.3 is 0 Å². The summed E-state index contributed by atoms with van der Waals surface area (Å²) in [5.41, 5.74) is 0.757. The van der Waals surface area contributed by atoms with Crippen LogP contribution in [-0.4, -0.2) is 9.74 Å². The van der Waals surface area contributed by atoms with Gasteiger partial charge in [-0.2, -0.15) is 0 Å². The SMILES string of the molecule is O=C(Cc1cccc(Oc2ccccc2)c1)Cn1sc2ccccc2c1=O. The van der Waals surface area contributed by atoms with Gasteiger partial charge in [-0.15, -0.1) is 0 Å². The normalized spacial score (nSPS) is 10.8. The van der Waals surface area contributed by atoms with Crippen LogP contribution in [0.5, 0.6) is 11.5 Å². The number of Topliss-reactive ketones (excluding diaryl/α,β-unsaturated/α-hetero) is 1. The van der Waals surface area contributed by atoms with Crippen molar-refractivity contribution in [2.24, 2.45) is 0 Å². The molecule has 0 aliphatic carbocycles. The summed E-state index contributed by atoms with van der Waals surface area (Å²) < 4.78 is 8.24. The number of hydrogen-bond donors (Lipinski definition) is 0. The number of aromatic nitrogens is 1. The number of hydrogen-bond acceptors (Lipinski definition) is 4. The van der Waals surface area contributed by atoms with Gasteiger partial charge in [0.15, 0.2) is 5.78 Å². The molecule has 0 bridgehead atoms. The summed E-state index contributed by atoms with van der Waals surface area (Å²) in [5.74, 6) is 1.42. The van der Waals surface area contributed by atoms with Crippen molar-refractivity contribution in [3.8, 4) is 11.5 Å². The van der Waals surface area contributed by atoms with E-state index in [0.717, 1.165) is 16.0 Å². The highest BCUT2D eigenvalue weighted by Gasteiger charge is 2.11. The molecule has 27 heavy (non-hydrogen) atoms. The Bertz CT molecular complexity index is 1140. The molecule has 1 aromatic heterocycles. The summed E-state index contributed by atoms with van der Waals surface area (Å²) in [4.78, 5) is 24.9. The monoisotopic (exact) mass is 375 g/mol. The van der Waals surface area contributed by atoms with Crippen molar-refractivity contribution < 1.29 is 9.53 Å². The summed E-state index contributed by atoms with van der Waals surface area (Å²) in [6.45, 7) is 0.0853. The highest BCUT2D eigenvalue weighted by Crippen LogP contribution is 2.22. The number of nitrogens with zero attached hydrogens (tertiary/aromatic N) is 1. The molecule has 0 saturated carbocycles. The van der Waals surface area contributed by atoms with E-state index >= 15 is 0 Å². The second-order valence-corrected chi connectivity index (χ2v) is 7.27. The topological polar surface area (TPSA) is 48.3 Å². The first-order valence-corrected chi connectivity index (χ1v) is 9.39. The molecule has 0 atom stereocenters. The lowest BCUT2D eigenvalue weighted by Crippen LogP contribution is -2.20. The largest absolute Gasteiger partial charge is 0.457 e. The molecule has 4 nitrogen and oxygen atoms in total.